The smallest absolute Gasteiger partial charge is 0.302 e. The van der Waals surface area contributed by atoms with Gasteiger partial charge in [0.15, 0.2) is 0 Å². The third-order valence-electron chi connectivity index (χ3n) is 2.09. The Labute approximate surface area is 89.7 Å². The van der Waals surface area contributed by atoms with Crippen LogP contribution in [0.2, 0.25) is 0 Å². The number of rotatable bonds is 5. The molecule has 0 aliphatic heterocycles. The molecule has 3 heteroatoms. The van der Waals surface area contributed by atoms with Crippen LogP contribution in [0, 0.1) is 0 Å². The van der Waals surface area contributed by atoms with Crippen LogP contribution >= 0.6 is 0 Å². The highest BCUT2D eigenvalue weighted by molar-refractivity contribution is 5.65. The number of ether oxygens (including phenoxy) is 1. The number of hydrogen-bond donors (Lipinski definition) is 1. The highest BCUT2D eigenvalue weighted by Crippen LogP contribution is 2.05. The second-order valence-electron chi connectivity index (χ2n) is 3.48. The van der Waals surface area contributed by atoms with Crippen LogP contribution in [0.4, 0.5) is 0 Å². The van der Waals surface area contributed by atoms with Crippen molar-refractivity contribution in [1.29, 1.82) is 0 Å². The molecule has 0 bridgehead atoms. The quantitative estimate of drug-likeness (QED) is 0.747. The highest BCUT2D eigenvalue weighted by atomic mass is 16.5. The maximum Gasteiger partial charge on any atom is 0.302 e. The zero-order valence-corrected chi connectivity index (χ0v) is 8.85. The van der Waals surface area contributed by atoms with Gasteiger partial charge in [-0.3, -0.25) is 4.79 Å². The summed E-state index contributed by atoms with van der Waals surface area (Å²) in [5.74, 6) is -0.353. The lowest BCUT2D eigenvalue weighted by Crippen LogP contribution is -2.17. The minimum absolute atomic E-state index is 0.0855. The van der Waals surface area contributed by atoms with Gasteiger partial charge in [-0.15, -0.1) is 0 Å². The number of aliphatic hydroxyl groups is 1. The fourth-order valence-corrected chi connectivity index (χ4v) is 1.27. The van der Waals surface area contributed by atoms with E-state index in [1.807, 2.05) is 30.3 Å². The van der Waals surface area contributed by atoms with Gasteiger partial charge in [-0.2, -0.15) is 0 Å². The van der Waals surface area contributed by atoms with E-state index in [0.717, 1.165) is 6.42 Å². The van der Waals surface area contributed by atoms with Crippen molar-refractivity contribution in [3.63, 3.8) is 0 Å². The minimum Gasteiger partial charge on any atom is -0.463 e. The van der Waals surface area contributed by atoms with Gasteiger partial charge in [0.25, 0.3) is 0 Å². The summed E-state index contributed by atoms with van der Waals surface area (Å²) >= 11 is 0. The Kier molecular flexibility index (Phi) is 4.84. The molecule has 0 aliphatic rings. The van der Waals surface area contributed by atoms with E-state index in [-0.39, 0.29) is 12.6 Å². The normalized spacial score (nSPS) is 12.1. The van der Waals surface area contributed by atoms with E-state index in [1.54, 1.807) is 0 Å². The topological polar surface area (TPSA) is 46.5 Å². The van der Waals surface area contributed by atoms with Crippen LogP contribution in [0.25, 0.3) is 0 Å². The van der Waals surface area contributed by atoms with Crippen LogP contribution < -0.4 is 0 Å². The molecule has 82 valence electrons. The average molecular weight is 208 g/mol. The van der Waals surface area contributed by atoms with E-state index in [4.69, 9.17) is 4.74 Å². The first-order valence-corrected chi connectivity index (χ1v) is 5.04. The summed E-state index contributed by atoms with van der Waals surface area (Å²) < 4.78 is 4.70. The van der Waals surface area contributed by atoms with Gasteiger partial charge in [-0.1, -0.05) is 30.3 Å². The number of benzene rings is 1. The van der Waals surface area contributed by atoms with Crippen LogP contribution in [-0.2, 0) is 16.0 Å². The molecular weight excluding hydrogens is 192 g/mol. The molecule has 0 saturated carbocycles. The molecular formula is C12H16O3. The lowest BCUT2D eigenvalue weighted by Gasteiger charge is -2.09. The van der Waals surface area contributed by atoms with Crippen molar-refractivity contribution < 1.29 is 14.6 Å². The van der Waals surface area contributed by atoms with Crippen molar-refractivity contribution in [3.8, 4) is 0 Å². The number of aliphatic hydroxyl groups excluding tert-OH is 1. The number of aryl methyl sites for hydroxylation is 1. The van der Waals surface area contributed by atoms with E-state index in [2.05, 4.69) is 0 Å². The van der Waals surface area contributed by atoms with E-state index < -0.39 is 6.10 Å². The molecule has 0 heterocycles. The lowest BCUT2D eigenvalue weighted by molar-refractivity contribution is -0.144. The predicted octanol–water partition coefficient (Wildman–Crippen LogP) is 1.54. The van der Waals surface area contributed by atoms with Crippen LogP contribution in [0.15, 0.2) is 30.3 Å². The molecule has 0 spiro atoms. The molecule has 15 heavy (non-hydrogen) atoms. The molecule has 3 nitrogen and oxygen atoms in total. The molecule has 0 amide bonds. The summed E-state index contributed by atoms with van der Waals surface area (Å²) in [5, 5.41) is 9.48. The second kappa shape index (κ2) is 6.19. The number of carbonyl (C=O) groups excluding carboxylic acids is 1. The number of carbonyl (C=O) groups is 1. The SMILES string of the molecule is CC(=O)OCC(O)CCc1ccccc1. The monoisotopic (exact) mass is 208 g/mol. The molecule has 1 aromatic carbocycles. The Hall–Kier alpha value is -1.35. The Morgan fingerprint density at radius 1 is 1.40 bits per heavy atom. The number of hydrogen-bond acceptors (Lipinski definition) is 3. The number of esters is 1. The van der Waals surface area contributed by atoms with Gasteiger partial charge < -0.3 is 9.84 Å². The summed E-state index contributed by atoms with van der Waals surface area (Å²) in [7, 11) is 0. The van der Waals surface area contributed by atoms with Crippen molar-refractivity contribution in [2.45, 2.75) is 25.9 Å². The Morgan fingerprint density at radius 2 is 2.07 bits per heavy atom. The molecule has 0 aromatic heterocycles. The highest BCUT2D eigenvalue weighted by Gasteiger charge is 2.06. The van der Waals surface area contributed by atoms with Gasteiger partial charge in [-0.05, 0) is 18.4 Å². The average Bonchev–Trinajstić information content (AvgIpc) is 2.25. The van der Waals surface area contributed by atoms with Crippen LogP contribution in [-0.4, -0.2) is 23.8 Å². The van der Waals surface area contributed by atoms with Gasteiger partial charge in [0, 0.05) is 6.92 Å². The van der Waals surface area contributed by atoms with Crippen LogP contribution in [0.5, 0.6) is 0 Å². The van der Waals surface area contributed by atoms with Crippen LogP contribution in [0.1, 0.15) is 18.9 Å². The molecule has 0 fully saturated rings. The Bertz CT molecular complexity index is 295. The molecule has 1 atom stereocenters. The minimum atomic E-state index is -0.575. The van der Waals surface area contributed by atoms with Crippen molar-refractivity contribution in [2.75, 3.05) is 6.61 Å². The maximum atomic E-state index is 10.5. The fourth-order valence-electron chi connectivity index (χ4n) is 1.27. The summed E-state index contributed by atoms with van der Waals surface area (Å²) in [4.78, 5) is 10.5. The van der Waals surface area contributed by atoms with Gasteiger partial charge in [0.1, 0.15) is 6.61 Å². The van der Waals surface area contributed by atoms with Crippen molar-refractivity contribution in [2.24, 2.45) is 0 Å². The van der Waals surface area contributed by atoms with E-state index in [0.29, 0.717) is 6.42 Å². The summed E-state index contributed by atoms with van der Waals surface area (Å²) in [5.41, 5.74) is 1.18. The van der Waals surface area contributed by atoms with Gasteiger partial charge in [0.2, 0.25) is 0 Å². The standard InChI is InChI=1S/C12H16O3/c1-10(13)15-9-12(14)8-7-11-5-3-2-4-6-11/h2-6,12,14H,7-9H2,1H3. The molecule has 1 rings (SSSR count). The van der Waals surface area contributed by atoms with Crippen molar-refractivity contribution >= 4 is 5.97 Å². The fraction of sp³-hybridized carbons (Fsp3) is 0.417. The lowest BCUT2D eigenvalue weighted by atomic mass is 10.1. The first kappa shape index (κ1) is 11.7. The summed E-state index contributed by atoms with van der Waals surface area (Å²) in [6, 6.07) is 9.91. The maximum absolute atomic E-state index is 10.5. The summed E-state index contributed by atoms with van der Waals surface area (Å²) in [6.07, 6.45) is 0.828. The zero-order chi connectivity index (χ0) is 11.1. The summed E-state index contributed by atoms with van der Waals surface area (Å²) in [6.45, 7) is 1.42. The van der Waals surface area contributed by atoms with Gasteiger partial charge >= 0.3 is 5.97 Å². The van der Waals surface area contributed by atoms with E-state index >= 15 is 0 Å². The van der Waals surface area contributed by atoms with Crippen molar-refractivity contribution in [1.82, 2.24) is 0 Å². The predicted molar refractivity (Wildman–Crippen MR) is 57.4 cm³/mol. The largest absolute Gasteiger partial charge is 0.463 e. The van der Waals surface area contributed by atoms with Gasteiger partial charge in [-0.25, -0.2) is 0 Å². The first-order chi connectivity index (χ1) is 7.18. The van der Waals surface area contributed by atoms with Crippen LogP contribution in [0.3, 0.4) is 0 Å². The molecule has 1 aromatic rings. The Morgan fingerprint density at radius 3 is 2.67 bits per heavy atom. The third-order valence-corrected chi connectivity index (χ3v) is 2.09. The third kappa shape index (κ3) is 5.18. The van der Waals surface area contributed by atoms with Gasteiger partial charge in [0.05, 0.1) is 6.10 Å². The molecule has 0 saturated heterocycles. The van der Waals surface area contributed by atoms with E-state index in [9.17, 15) is 9.90 Å². The Balaban J connectivity index is 2.22. The van der Waals surface area contributed by atoms with Crippen molar-refractivity contribution in [3.05, 3.63) is 35.9 Å². The molecule has 0 radical (unpaired) electrons. The molecule has 0 aliphatic carbocycles. The second-order valence-corrected chi connectivity index (χ2v) is 3.48. The first-order valence-electron chi connectivity index (χ1n) is 5.04. The molecule has 1 N–H and O–H groups in total. The van der Waals surface area contributed by atoms with E-state index in [1.165, 1.54) is 12.5 Å². The zero-order valence-electron chi connectivity index (χ0n) is 8.85. The molecule has 1 unspecified atom stereocenters.